The van der Waals surface area contributed by atoms with Crippen molar-refractivity contribution in [2.75, 3.05) is 17.4 Å². The van der Waals surface area contributed by atoms with E-state index in [0.29, 0.717) is 13.0 Å². The standard InChI is InChI=1S/C9H12N2O2S/c12-11(13)8-4-7-10(14)9-5-2-1-3-6-9/h1-3,5-6,14H,4,7-8H2. The summed E-state index contributed by atoms with van der Waals surface area (Å²) in [6.45, 7) is 0.567. The summed E-state index contributed by atoms with van der Waals surface area (Å²) >= 11 is 4.23. The van der Waals surface area contributed by atoms with Gasteiger partial charge in [-0.1, -0.05) is 31.0 Å². The molecule has 0 aromatic heterocycles. The molecule has 0 amide bonds. The van der Waals surface area contributed by atoms with E-state index in [2.05, 4.69) is 12.8 Å². The number of thiol groups is 1. The lowest BCUT2D eigenvalue weighted by atomic mass is 10.3. The minimum absolute atomic E-state index is 0.0100. The van der Waals surface area contributed by atoms with Gasteiger partial charge in [-0.3, -0.25) is 10.1 Å². The first-order valence-corrected chi connectivity index (χ1v) is 4.73. The van der Waals surface area contributed by atoms with Crippen molar-refractivity contribution in [1.29, 1.82) is 0 Å². The molecule has 0 N–H and O–H groups in total. The second kappa shape index (κ2) is 5.49. The molecular formula is C9H12N2O2S. The molecule has 0 radical (unpaired) electrons. The Morgan fingerprint density at radius 3 is 2.57 bits per heavy atom. The molecule has 0 heterocycles. The summed E-state index contributed by atoms with van der Waals surface area (Å²) in [7, 11) is 0. The SMILES string of the molecule is O=[N+]([O-])CCCN(S)c1ccccc1. The normalized spacial score (nSPS) is 9.79. The van der Waals surface area contributed by atoms with Crippen LogP contribution in [0.2, 0.25) is 0 Å². The summed E-state index contributed by atoms with van der Waals surface area (Å²) in [5.74, 6) is 0. The molecule has 76 valence electrons. The molecular weight excluding hydrogens is 200 g/mol. The smallest absolute Gasteiger partial charge is 0.205 e. The van der Waals surface area contributed by atoms with Gasteiger partial charge in [0.15, 0.2) is 0 Å². The maximum absolute atomic E-state index is 10.1. The Kier molecular flexibility index (Phi) is 4.25. The fraction of sp³-hybridized carbons (Fsp3) is 0.333. The van der Waals surface area contributed by atoms with Crippen molar-refractivity contribution in [1.82, 2.24) is 0 Å². The minimum atomic E-state index is -0.313. The van der Waals surface area contributed by atoms with Gasteiger partial charge in [-0.2, -0.15) is 0 Å². The molecule has 1 aromatic rings. The molecule has 0 atom stereocenters. The zero-order valence-electron chi connectivity index (χ0n) is 7.67. The molecule has 5 heteroatoms. The second-order valence-corrected chi connectivity index (χ2v) is 3.35. The number of rotatable bonds is 5. The van der Waals surface area contributed by atoms with Gasteiger partial charge in [0.1, 0.15) is 0 Å². The minimum Gasteiger partial charge on any atom is -0.319 e. The van der Waals surface area contributed by atoms with Crippen LogP contribution in [0.25, 0.3) is 0 Å². The highest BCUT2D eigenvalue weighted by molar-refractivity contribution is 7.81. The average molecular weight is 212 g/mol. The molecule has 0 saturated carbocycles. The lowest BCUT2D eigenvalue weighted by molar-refractivity contribution is -0.480. The summed E-state index contributed by atoms with van der Waals surface area (Å²) in [6.07, 6.45) is 0.505. The fourth-order valence-corrected chi connectivity index (χ4v) is 1.35. The van der Waals surface area contributed by atoms with Gasteiger partial charge in [0.25, 0.3) is 0 Å². The van der Waals surface area contributed by atoms with Crippen LogP contribution in [0.4, 0.5) is 5.69 Å². The van der Waals surface area contributed by atoms with Crippen molar-refractivity contribution in [3.63, 3.8) is 0 Å². The lowest BCUT2D eigenvalue weighted by Crippen LogP contribution is -2.15. The quantitative estimate of drug-likeness (QED) is 0.461. The summed E-state index contributed by atoms with van der Waals surface area (Å²) in [6, 6.07) is 9.57. The monoisotopic (exact) mass is 212 g/mol. The molecule has 0 spiro atoms. The zero-order chi connectivity index (χ0) is 10.4. The third-order valence-corrected chi connectivity index (χ3v) is 2.20. The van der Waals surface area contributed by atoms with E-state index < -0.39 is 0 Å². The highest BCUT2D eigenvalue weighted by atomic mass is 32.1. The number of nitro groups is 1. The van der Waals surface area contributed by atoms with Gasteiger partial charge < -0.3 is 4.31 Å². The van der Waals surface area contributed by atoms with Gasteiger partial charge >= 0.3 is 0 Å². The van der Waals surface area contributed by atoms with E-state index in [1.54, 1.807) is 4.31 Å². The fourth-order valence-electron chi connectivity index (χ4n) is 1.08. The lowest BCUT2D eigenvalue weighted by Gasteiger charge is -2.15. The number of anilines is 1. The van der Waals surface area contributed by atoms with Gasteiger partial charge in [-0.25, -0.2) is 0 Å². The van der Waals surface area contributed by atoms with Gasteiger partial charge in [0.2, 0.25) is 6.54 Å². The van der Waals surface area contributed by atoms with Crippen molar-refractivity contribution in [3.05, 3.63) is 40.4 Å². The van der Waals surface area contributed by atoms with Crippen LogP contribution in [0, 0.1) is 10.1 Å². The first-order chi connectivity index (χ1) is 6.70. The Balaban J connectivity index is 2.36. The molecule has 1 rings (SSSR count). The Morgan fingerprint density at radius 1 is 1.36 bits per heavy atom. The molecule has 4 nitrogen and oxygen atoms in total. The highest BCUT2D eigenvalue weighted by Gasteiger charge is 2.03. The van der Waals surface area contributed by atoms with Crippen molar-refractivity contribution in [3.8, 4) is 0 Å². The maximum atomic E-state index is 10.1. The van der Waals surface area contributed by atoms with Gasteiger partial charge in [0.05, 0.1) is 0 Å². The summed E-state index contributed by atoms with van der Waals surface area (Å²) in [5, 5.41) is 10.1. The Bertz CT molecular complexity index is 292. The predicted molar refractivity (Wildman–Crippen MR) is 59.3 cm³/mol. The third-order valence-electron chi connectivity index (χ3n) is 1.76. The molecule has 0 aliphatic carbocycles. The predicted octanol–water partition coefficient (Wildman–Crippen LogP) is 2.00. The van der Waals surface area contributed by atoms with Crippen LogP contribution >= 0.6 is 12.8 Å². The van der Waals surface area contributed by atoms with E-state index >= 15 is 0 Å². The molecule has 0 bridgehead atoms. The molecule has 1 aromatic carbocycles. The molecule has 0 unspecified atom stereocenters. The summed E-state index contributed by atoms with van der Waals surface area (Å²) < 4.78 is 1.71. The van der Waals surface area contributed by atoms with E-state index in [1.807, 2.05) is 30.3 Å². The number of hydrogen-bond donors (Lipinski definition) is 1. The van der Waals surface area contributed by atoms with Crippen LogP contribution in [-0.2, 0) is 0 Å². The van der Waals surface area contributed by atoms with E-state index in [9.17, 15) is 10.1 Å². The van der Waals surface area contributed by atoms with Crippen LogP contribution in [0.5, 0.6) is 0 Å². The van der Waals surface area contributed by atoms with Crippen LogP contribution in [-0.4, -0.2) is 18.0 Å². The molecule has 0 fully saturated rings. The Labute approximate surface area is 88.2 Å². The first-order valence-electron chi connectivity index (χ1n) is 4.33. The number of benzene rings is 1. The maximum Gasteiger partial charge on any atom is 0.205 e. The average Bonchev–Trinajstić information content (AvgIpc) is 2.18. The molecule has 0 aliphatic heterocycles. The third kappa shape index (κ3) is 3.66. The van der Waals surface area contributed by atoms with Crippen LogP contribution in [0.3, 0.4) is 0 Å². The van der Waals surface area contributed by atoms with Crippen LogP contribution in [0.1, 0.15) is 6.42 Å². The largest absolute Gasteiger partial charge is 0.319 e. The summed E-state index contributed by atoms with van der Waals surface area (Å²) in [4.78, 5) is 9.77. The van der Waals surface area contributed by atoms with Crippen molar-refractivity contribution >= 4 is 18.5 Å². The van der Waals surface area contributed by atoms with Crippen LogP contribution in [0.15, 0.2) is 30.3 Å². The van der Waals surface area contributed by atoms with Gasteiger partial charge in [-0.05, 0) is 12.1 Å². The Hall–Kier alpha value is -1.23. The van der Waals surface area contributed by atoms with Crippen LogP contribution < -0.4 is 4.31 Å². The van der Waals surface area contributed by atoms with E-state index in [0.717, 1.165) is 5.69 Å². The molecule has 14 heavy (non-hydrogen) atoms. The van der Waals surface area contributed by atoms with Gasteiger partial charge in [-0.15, -0.1) is 0 Å². The number of nitrogens with zero attached hydrogens (tertiary/aromatic N) is 2. The number of para-hydroxylation sites is 1. The van der Waals surface area contributed by atoms with Crippen molar-refractivity contribution in [2.45, 2.75) is 6.42 Å². The second-order valence-electron chi connectivity index (χ2n) is 2.87. The molecule has 0 saturated heterocycles. The summed E-state index contributed by atoms with van der Waals surface area (Å²) in [5.41, 5.74) is 0.958. The van der Waals surface area contributed by atoms with Crippen molar-refractivity contribution in [2.24, 2.45) is 0 Å². The molecule has 0 aliphatic rings. The van der Waals surface area contributed by atoms with Crippen molar-refractivity contribution < 1.29 is 4.92 Å². The van der Waals surface area contributed by atoms with Gasteiger partial charge in [0, 0.05) is 23.6 Å². The topological polar surface area (TPSA) is 46.4 Å². The first kappa shape index (κ1) is 10.8. The highest BCUT2D eigenvalue weighted by Crippen LogP contribution is 2.14. The Morgan fingerprint density at radius 2 is 2.00 bits per heavy atom. The van der Waals surface area contributed by atoms with E-state index in [4.69, 9.17) is 0 Å². The van der Waals surface area contributed by atoms with E-state index in [1.165, 1.54) is 0 Å². The van der Waals surface area contributed by atoms with E-state index in [-0.39, 0.29) is 11.5 Å². The number of hydrogen-bond acceptors (Lipinski definition) is 4. The zero-order valence-corrected chi connectivity index (χ0v) is 8.56.